The van der Waals surface area contributed by atoms with Crippen LogP contribution in [0.4, 0.5) is 5.69 Å². The van der Waals surface area contributed by atoms with E-state index >= 15 is 0 Å². The predicted octanol–water partition coefficient (Wildman–Crippen LogP) is 2.37. The number of para-hydroxylation sites is 1. The molecule has 0 aliphatic carbocycles. The minimum absolute atomic E-state index is 0.111. The van der Waals surface area contributed by atoms with E-state index in [1.807, 2.05) is 43.1 Å². The third kappa shape index (κ3) is 3.26. The highest BCUT2D eigenvalue weighted by Crippen LogP contribution is 2.20. The summed E-state index contributed by atoms with van der Waals surface area (Å²) in [7, 11) is 1.84. The summed E-state index contributed by atoms with van der Waals surface area (Å²) in [4.78, 5) is 14.4. The van der Waals surface area contributed by atoms with Gasteiger partial charge in [0.25, 0.3) is 5.91 Å². The molecule has 1 heterocycles. The standard InChI is InChI=1S/C15H22N2O2/c1-3-19-12-8-10-17(11-9-12)15(18)13-6-4-5-7-14(13)16-2/h4-7,12,16H,3,8-11H2,1-2H3. The first-order chi connectivity index (χ1) is 9.26. The average molecular weight is 262 g/mol. The van der Waals surface area contributed by atoms with Gasteiger partial charge in [0.2, 0.25) is 0 Å². The molecular weight excluding hydrogens is 240 g/mol. The Morgan fingerprint density at radius 3 is 2.68 bits per heavy atom. The zero-order valence-corrected chi connectivity index (χ0v) is 11.7. The first-order valence-corrected chi connectivity index (χ1v) is 6.94. The fourth-order valence-corrected chi connectivity index (χ4v) is 2.52. The highest BCUT2D eigenvalue weighted by Gasteiger charge is 2.24. The van der Waals surface area contributed by atoms with Crippen molar-refractivity contribution >= 4 is 11.6 Å². The molecule has 2 rings (SSSR count). The van der Waals surface area contributed by atoms with Crippen LogP contribution in [0, 0.1) is 0 Å². The number of anilines is 1. The Kier molecular flexibility index (Phi) is 4.80. The molecule has 0 aromatic heterocycles. The molecule has 1 fully saturated rings. The monoisotopic (exact) mass is 262 g/mol. The van der Waals surface area contributed by atoms with Crippen LogP contribution in [0.1, 0.15) is 30.1 Å². The summed E-state index contributed by atoms with van der Waals surface area (Å²) in [6.45, 7) is 4.32. The van der Waals surface area contributed by atoms with Gasteiger partial charge in [-0.3, -0.25) is 4.79 Å². The van der Waals surface area contributed by atoms with E-state index in [4.69, 9.17) is 4.74 Å². The number of nitrogens with one attached hydrogen (secondary N) is 1. The van der Waals surface area contributed by atoms with Crippen LogP contribution in [0.25, 0.3) is 0 Å². The normalized spacial score (nSPS) is 16.4. The molecule has 4 nitrogen and oxygen atoms in total. The summed E-state index contributed by atoms with van der Waals surface area (Å²) in [6, 6.07) is 7.65. The number of nitrogens with zero attached hydrogens (tertiary/aromatic N) is 1. The fourth-order valence-electron chi connectivity index (χ4n) is 2.52. The first kappa shape index (κ1) is 13.9. The lowest BCUT2D eigenvalue weighted by Gasteiger charge is -2.32. The Bertz CT molecular complexity index is 426. The Morgan fingerprint density at radius 1 is 1.37 bits per heavy atom. The van der Waals surface area contributed by atoms with Crippen LogP contribution in [-0.2, 0) is 4.74 Å². The minimum atomic E-state index is 0.111. The second-order valence-corrected chi connectivity index (χ2v) is 4.74. The van der Waals surface area contributed by atoms with Crippen molar-refractivity contribution in [2.75, 3.05) is 32.1 Å². The molecule has 4 heteroatoms. The van der Waals surface area contributed by atoms with Crippen LogP contribution in [0.3, 0.4) is 0 Å². The number of carbonyl (C=O) groups excluding carboxylic acids is 1. The minimum Gasteiger partial charge on any atom is -0.387 e. The number of hydrogen-bond donors (Lipinski definition) is 1. The van der Waals surface area contributed by atoms with Crippen LogP contribution in [0.15, 0.2) is 24.3 Å². The van der Waals surface area contributed by atoms with Crippen LogP contribution in [-0.4, -0.2) is 43.7 Å². The quantitative estimate of drug-likeness (QED) is 0.905. The molecule has 104 valence electrons. The van der Waals surface area contributed by atoms with Gasteiger partial charge in [0, 0.05) is 32.4 Å². The zero-order valence-electron chi connectivity index (χ0n) is 11.7. The van der Waals surface area contributed by atoms with E-state index in [2.05, 4.69) is 5.32 Å². The second-order valence-electron chi connectivity index (χ2n) is 4.74. The van der Waals surface area contributed by atoms with Crippen LogP contribution in [0.2, 0.25) is 0 Å². The van der Waals surface area contributed by atoms with Gasteiger partial charge in [0.05, 0.1) is 11.7 Å². The van der Waals surface area contributed by atoms with Crippen LogP contribution < -0.4 is 5.32 Å². The Balaban J connectivity index is 2.01. The predicted molar refractivity (Wildman–Crippen MR) is 76.5 cm³/mol. The van der Waals surface area contributed by atoms with Gasteiger partial charge in [0.1, 0.15) is 0 Å². The molecule has 19 heavy (non-hydrogen) atoms. The number of hydrogen-bond acceptors (Lipinski definition) is 3. The lowest BCUT2D eigenvalue weighted by Crippen LogP contribution is -2.41. The number of piperidine rings is 1. The maximum Gasteiger partial charge on any atom is 0.255 e. The van der Waals surface area contributed by atoms with E-state index in [1.54, 1.807) is 0 Å². The summed E-state index contributed by atoms with van der Waals surface area (Å²) in [5, 5.41) is 3.07. The second kappa shape index (κ2) is 6.57. The van der Waals surface area contributed by atoms with E-state index in [-0.39, 0.29) is 5.91 Å². The van der Waals surface area contributed by atoms with Gasteiger partial charge in [-0.15, -0.1) is 0 Å². The van der Waals surface area contributed by atoms with Crippen molar-refractivity contribution in [1.82, 2.24) is 4.90 Å². The van der Waals surface area contributed by atoms with Crippen molar-refractivity contribution in [3.05, 3.63) is 29.8 Å². The first-order valence-electron chi connectivity index (χ1n) is 6.94. The van der Waals surface area contributed by atoms with Crippen molar-refractivity contribution in [1.29, 1.82) is 0 Å². The number of amides is 1. The van der Waals surface area contributed by atoms with Gasteiger partial charge in [-0.1, -0.05) is 12.1 Å². The van der Waals surface area contributed by atoms with Gasteiger partial charge in [0.15, 0.2) is 0 Å². The summed E-state index contributed by atoms with van der Waals surface area (Å²) in [6.07, 6.45) is 2.18. The van der Waals surface area contributed by atoms with Gasteiger partial charge in [-0.05, 0) is 31.9 Å². The molecule has 0 saturated carbocycles. The summed E-state index contributed by atoms with van der Waals surface area (Å²) < 4.78 is 5.61. The van der Waals surface area contributed by atoms with E-state index < -0.39 is 0 Å². The van der Waals surface area contributed by atoms with Crippen LogP contribution >= 0.6 is 0 Å². The van der Waals surface area contributed by atoms with Gasteiger partial charge < -0.3 is 15.0 Å². The van der Waals surface area contributed by atoms with Gasteiger partial charge in [-0.25, -0.2) is 0 Å². The summed E-state index contributed by atoms with van der Waals surface area (Å²) in [5.74, 6) is 0.111. The molecule has 0 bridgehead atoms. The maximum atomic E-state index is 12.5. The number of benzene rings is 1. The summed E-state index contributed by atoms with van der Waals surface area (Å²) in [5.41, 5.74) is 1.64. The molecule has 0 radical (unpaired) electrons. The fraction of sp³-hybridized carbons (Fsp3) is 0.533. The Hall–Kier alpha value is -1.55. The van der Waals surface area contributed by atoms with E-state index in [9.17, 15) is 4.79 Å². The van der Waals surface area contributed by atoms with Crippen LogP contribution in [0.5, 0.6) is 0 Å². The van der Waals surface area contributed by atoms with Crippen molar-refractivity contribution in [2.45, 2.75) is 25.9 Å². The average Bonchev–Trinajstić information content (AvgIpc) is 2.47. The topological polar surface area (TPSA) is 41.6 Å². The molecule has 1 aromatic rings. The molecule has 0 spiro atoms. The highest BCUT2D eigenvalue weighted by molar-refractivity contribution is 5.99. The molecule has 0 atom stereocenters. The third-order valence-corrected chi connectivity index (χ3v) is 3.56. The largest absolute Gasteiger partial charge is 0.387 e. The Morgan fingerprint density at radius 2 is 2.05 bits per heavy atom. The molecule has 1 amide bonds. The van der Waals surface area contributed by atoms with Crippen molar-refractivity contribution < 1.29 is 9.53 Å². The van der Waals surface area contributed by atoms with Crippen molar-refractivity contribution in [3.8, 4) is 0 Å². The number of carbonyl (C=O) groups is 1. The van der Waals surface area contributed by atoms with E-state index in [1.165, 1.54) is 0 Å². The molecule has 1 saturated heterocycles. The number of likely N-dealkylation sites (tertiary alicyclic amines) is 1. The highest BCUT2D eigenvalue weighted by atomic mass is 16.5. The molecular formula is C15H22N2O2. The Labute approximate surface area is 114 Å². The van der Waals surface area contributed by atoms with Gasteiger partial charge in [-0.2, -0.15) is 0 Å². The van der Waals surface area contributed by atoms with Gasteiger partial charge >= 0.3 is 0 Å². The maximum absolute atomic E-state index is 12.5. The molecule has 1 aliphatic rings. The smallest absolute Gasteiger partial charge is 0.255 e. The molecule has 1 N–H and O–H groups in total. The summed E-state index contributed by atoms with van der Waals surface area (Å²) >= 11 is 0. The van der Waals surface area contributed by atoms with Crippen molar-refractivity contribution in [3.63, 3.8) is 0 Å². The lowest BCUT2D eigenvalue weighted by molar-refractivity contribution is 0.0146. The number of rotatable bonds is 4. The number of ether oxygens (including phenoxy) is 1. The van der Waals surface area contributed by atoms with E-state index in [0.29, 0.717) is 6.10 Å². The lowest BCUT2D eigenvalue weighted by atomic mass is 10.1. The molecule has 1 aromatic carbocycles. The SMILES string of the molecule is CCOC1CCN(C(=O)c2ccccc2NC)CC1. The third-order valence-electron chi connectivity index (χ3n) is 3.56. The van der Waals surface area contributed by atoms with Crippen molar-refractivity contribution in [2.24, 2.45) is 0 Å². The molecule has 1 aliphatic heterocycles. The van der Waals surface area contributed by atoms with E-state index in [0.717, 1.165) is 43.8 Å². The molecule has 0 unspecified atom stereocenters. The zero-order chi connectivity index (χ0) is 13.7.